The van der Waals surface area contributed by atoms with E-state index in [1.54, 1.807) is 0 Å². The summed E-state index contributed by atoms with van der Waals surface area (Å²) in [5, 5.41) is 5.93. The summed E-state index contributed by atoms with van der Waals surface area (Å²) >= 11 is 0. The first-order chi connectivity index (χ1) is 7.68. The Bertz CT molecular complexity index is 300. The molecule has 0 radical (unpaired) electrons. The molecular formula is C10H17N3O3. The standard InChI is InChI=1S/C10H17N3O3/c1-2-10(3-4-11-6-10)9(15)12-7-5-16-13-8(7)14/h7,11H,2-6H2,1H3,(H,12,15)(H,13,14)/t7-,10?/m1/s1. The van der Waals surface area contributed by atoms with Crippen LogP contribution >= 0.6 is 0 Å². The second-order valence-corrected chi connectivity index (χ2v) is 4.36. The first-order valence-corrected chi connectivity index (χ1v) is 5.61. The fourth-order valence-electron chi connectivity index (χ4n) is 2.16. The van der Waals surface area contributed by atoms with Gasteiger partial charge in [0.05, 0.1) is 5.41 Å². The van der Waals surface area contributed by atoms with Gasteiger partial charge in [0.2, 0.25) is 5.91 Å². The molecule has 0 aromatic rings. The molecule has 2 fully saturated rings. The van der Waals surface area contributed by atoms with Crippen molar-refractivity contribution in [1.82, 2.24) is 16.1 Å². The van der Waals surface area contributed by atoms with Crippen molar-refractivity contribution in [2.75, 3.05) is 19.7 Å². The number of rotatable bonds is 3. The van der Waals surface area contributed by atoms with Crippen molar-refractivity contribution in [3.63, 3.8) is 0 Å². The topological polar surface area (TPSA) is 79.5 Å². The molecule has 6 heteroatoms. The molecule has 2 aliphatic rings. The monoisotopic (exact) mass is 227 g/mol. The van der Waals surface area contributed by atoms with Crippen LogP contribution < -0.4 is 16.1 Å². The van der Waals surface area contributed by atoms with E-state index in [1.807, 2.05) is 6.92 Å². The molecule has 0 aromatic carbocycles. The molecule has 1 unspecified atom stereocenters. The predicted molar refractivity (Wildman–Crippen MR) is 56.2 cm³/mol. The number of nitrogens with one attached hydrogen (secondary N) is 3. The number of hydroxylamine groups is 1. The molecule has 2 amide bonds. The maximum atomic E-state index is 12.1. The van der Waals surface area contributed by atoms with Crippen molar-refractivity contribution in [3.05, 3.63) is 0 Å². The lowest BCUT2D eigenvalue weighted by Gasteiger charge is -2.26. The van der Waals surface area contributed by atoms with E-state index >= 15 is 0 Å². The fraction of sp³-hybridized carbons (Fsp3) is 0.800. The quantitative estimate of drug-likeness (QED) is 0.573. The van der Waals surface area contributed by atoms with E-state index in [0.717, 1.165) is 19.4 Å². The van der Waals surface area contributed by atoms with Gasteiger partial charge in [-0.1, -0.05) is 6.92 Å². The normalized spacial score (nSPS) is 33.8. The molecule has 3 N–H and O–H groups in total. The average Bonchev–Trinajstić information content (AvgIpc) is 2.89. The van der Waals surface area contributed by atoms with Crippen molar-refractivity contribution in [1.29, 1.82) is 0 Å². The Kier molecular flexibility index (Phi) is 3.11. The zero-order valence-corrected chi connectivity index (χ0v) is 9.34. The van der Waals surface area contributed by atoms with Gasteiger partial charge in [-0.15, -0.1) is 0 Å². The van der Waals surface area contributed by atoms with Crippen molar-refractivity contribution in [3.8, 4) is 0 Å². The van der Waals surface area contributed by atoms with Crippen LogP contribution in [0.5, 0.6) is 0 Å². The molecule has 2 rings (SSSR count). The second kappa shape index (κ2) is 4.39. The molecule has 0 spiro atoms. The van der Waals surface area contributed by atoms with E-state index in [-0.39, 0.29) is 23.8 Å². The van der Waals surface area contributed by atoms with E-state index in [2.05, 4.69) is 16.1 Å². The minimum Gasteiger partial charge on any atom is -0.342 e. The lowest BCUT2D eigenvalue weighted by atomic mass is 9.83. The molecule has 2 saturated heterocycles. The van der Waals surface area contributed by atoms with Crippen LogP contribution in [0.25, 0.3) is 0 Å². The van der Waals surface area contributed by atoms with Crippen LogP contribution in [0.3, 0.4) is 0 Å². The molecule has 90 valence electrons. The molecule has 16 heavy (non-hydrogen) atoms. The van der Waals surface area contributed by atoms with E-state index < -0.39 is 6.04 Å². The smallest absolute Gasteiger partial charge is 0.268 e. The highest BCUT2D eigenvalue weighted by Gasteiger charge is 2.41. The fourth-order valence-corrected chi connectivity index (χ4v) is 2.16. The predicted octanol–water partition coefficient (Wildman–Crippen LogP) is -1.08. The lowest BCUT2D eigenvalue weighted by molar-refractivity contribution is -0.134. The van der Waals surface area contributed by atoms with Gasteiger partial charge in [0.15, 0.2) is 0 Å². The molecule has 0 aromatic heterocycles. The van der Waals surface area contributed by atoms with Crippen LogP contribution in [0.15, 0.2) is 0 Å². The molecule has 2 aliphatic heterocycles. The Labute approximate surface area is 94.1 Å². The third-order valence-electron chi connectivity index (χ3n) is 3.45. The van der Waals surface area contributed by atoms with Gasteiger partial charge in [-0.2, -0.15) is 0 Å². The van der Waals surface area contributed by atoms with Crippen molar-refractivity contribution in [2.45, 2.75) is 25.8 Å². The zero-order chi connectivity index (χ0) is 11.6. The van der Waals surface area contributed by atoms with E-state index in [0.29, 0.717) is 6.54 Å². The molecule has 6 nitrogen and oxygen atoms in total. The Balaban J connectivity index is 1.98. The van der Waals surface area contributed by atoms with Gasteiger partial charge < -0.3 is 10.6 Å². The first kappa shape index (κ1) is 11.3. The van der Waals surface area contributed by atoms with E-state index in [1.165, 1.54) is 0 Å². The number of carbonyl (C=O) groups excluding carboxylic acids is 2. The number of hydrogen-bond acceptors (Lipinski definition) is 4. The molecular weight excluding hydrogens is 210 g/mol. The van der Waals surface area contributed by atoms with E-state index in [4.69, 9.17) is 4.84 Å². The summed E-state index contributed by atoms with van der Waals surface area (Å²) in [5.74, 6) is -0.323. The summed E-state index contributed by atoms with van der Waals surface area (Å²) in [6, 6.07) is -0.545. The summed E-state index contributed by atoms with van der Waals surface area (Å²) in [4.78, 5) is 28.1. The highest BCUT2D eigenvalue weighted by Crippen LogP contribution is 2.29. The maximum absolute atomic E-state index is 12.1. The second-order valence-electron chi connectivity index (χ2n) is 4.36. The van der Waals surface area contributed by atoms with Crippen molar-refractivity contribution >= 4 is 11.8 Å². The van der Waals surface area contributed by atoms with Gasteiger partial charge in [-0.05, 0) is 19.4 Å². The van der Waals surface area contributed by atoms with Gasteiger partial charge in [0.25, 0.3) is 5.91 Å². The minimum atomic E-state index is -0.545. The van der Waals surface area contributed by atoms with Gasteiger partial charge in [-0.25, -0.2) is 5.48 Å². The van der Waals surface area contributed by atoms with Crippen molar-refractivity contribution in [2.24, 2.45) is 5.41 Å². The molecule has 0 bridgehead atoms. The van der Waals surface area contributed by atoms with Crippen LogP contribution in [0.2, 0.25) is 0 Å². The zero-order valence-electron chi connectivity index (χ0n) is 9.34. The highest BCUT2D eigenvalue weighted by molar-refractivity contribution is 5.90. The Morgan fingerprint density at radius 2 is 2.50 bits per heavy atom. The molecule has 2 atom stereocenters. The molecule has 0 aliphatic carbocycles. The Morgan fingerprint density at radius 1 is 1.69 bits per heavy atom. The third-order valence-corrected chi connectivity index (χ3v) is 3.45. The van der Waals surface area contributed by atoms with Crippen LogP contribution in [0.4, 0.5) is 0 Å². The van der Waals surface area contributed by atoms with Gasteiger partial charge >= 0.3 is 0 Å². The Morgan fingerprint density at radius 3 is 3.00 bits per heavy atom. The van der Waals surface area contributed by atoms with E-state index in [9.17, 15) is 9.59 Å². The summed E-state index contributed by atoms with van der Waals surface area (Å²) in [7, 11) is 0. The van der Waals surface area contributed by atoms with Gasteiger partial charge in [0, 0.05) is 6.54 Å². The maximum Gasteiger partial charge on any atom is 0.268 e. The highest BCUT2D eigenvalue weighted by atomic mass is 16.7. The number of amides is 2. The lowest BCUT2D eigenvalue weighted by Crippen LogP contribution is -2.49. The largest absolute Gasteiger partial charge is 0.342 e. The summed E-state index contributed by atoms with van der Waals surface area (Å²) in [5.41, 5.74) is 1.87. The van der Waals surface area contributed by atoms with Crippen LogP contribution in [0.1, 0.15) is 19.8 Å². The SMILES string of the molecule is CCC1(C(=O)N[C@@H]2CONC2=O)CCNC1. The third kappa shape index (κ3) is 1.90. The average molecular weight is 227 g/mol. The Hall–Kier alpha value is -1.14. The summed E-state index contributed by atoms with van der Waals surface area (Å²) < 4.78 is 0. The summed E-state index contributed by atoms with van der Waals surface area (Å²) in [6.07, 6.45) is 1.60. The number of hydrogen-bond donors (Lipinski definition) is 3. The van der Waals surface area contributed by atoms with Gasteiger partial charge in [-0.3, -0.25) is 14.4 Å². The molecule has 0 saturated carbocycles. The van der Waals surface area contributed by atoms with Crippen molar-refractivity contribution < 1.29 is 14.4 Å². The van der Waals surface area contributed by atoms with Crippen LogP contribution in [-0.2, 0) is 14.4 Å². The molecule has 2 heterocycles. The first-order valence-electron chi connectivity index (χ1n) is 5.61. The number of carbonyl (C=O) groups is 2. The summed E-state index contributed by atoms with van der Waals surface area (Å²) in [6.45, 7) is 3.74. The minimum absolute atomic E-state index is 0.0503. The van der Waals surface area contributed by atoms with Gasteiger partial charge in [0.1, 0.15) is 12.6 Å². The van der Waals surface area contributed by atoms with Crippen LogP contribution in [0, 0.1) is 5.41 Å². The van der Waals surface area contributed by atoms with Crippen LogP contribution in [-0.4, -0.2) is 37.6 Å².